The highest BCUT2D eigenvalue weighted by atomic mass is 79.9. The van der Waals surface area contributed by atoms with Gasteiger partial charge in [-0.25, -0.2) is 4.98 Å². The number of hydrogen-bond acceptors (Lipinski definition) is 1. The van der Waals surface area contributed by atoms with Gasteiger partial charge in [0.25, 0.3) is 0 Å². The van der Waals surface area contributed by atoms with E-state index in [4.69, 9.17) is 0 Å². The molecule has 2 rings (SSSR count). The number of aromatic nitrogens is 2. The Kier molecular flexibility index (Phi) is 2.42. The third kappa shape index (κ3) is 1.73. The third-order valence-corrected chi connectivity index (χ3v) is 2.52. The number of nitrogens with zero attached hydrogens (tertiary/aromatic N) is 2. The molecule has 2 aromatic rings. The molecular weight excluding hydrogens is 240 g/mol. The van der Waals surface area contributed by atoms with E-state index in [2.05, 4.69) is 32.0 Å². The molecule has 0 spiro atoms. The number of pyridine rings is 1. The summed E-state index contributed by atoms with van der Waals surface area (Å²) in [5.41, 5.74) is 4.16. The van der Waals surface area contributed by atoms with Gasteiger partial charge in [-0.3, -0.25) is 0 Å². The van der Waals surface area contributed by atoms with Crippen LogP contribution in [0.15, 0.2) is 28.9 Å². The van der Waals surface area contributed by atoms with Crippen molar-refractivity contribution in [2.75, 3.05) is 0 Å². The van der Waals surface area contributed by atoms with Crippen molar-refractivity contribution in [3.05, 3.63) is 40.3 Å². The third-order valence-electron chi connectivity index (χ3n) is 2.08. The molecule has 14 heavy (non-hydrogen) atoms. The molecule has 2 aromatic heterocycles. The first-order valence-electron chi connectivity index (χ1n) is 4.40. The molecule has 0 unspecified atom stereocenters. The van der Waals surface area contributed by atoms with Crippen LogP contribution >= 0.6 is 15.9 Å². The van der Waals surface area contributed by atoms with Crippen LogP contribution in [0.3, 0.4) is 0 Å². The minimum Gasteiger partial charge on any atom is -0.665 e. The van der Waals surface area contributed by atoms with Gasteiger partial charge < -0.3 is 4.98 Å². The second-order valence-electron chi connectivity index (χ2n) is 3.24. The zero-order valence-corrected chi connectivity index (χ0v) is 9.67. The Hall–Kier alpha value is -1.09. The maximum absolute atomic E-state index is 4.39. The smallest absolute Gasteiger partial charge is 0.106 e. The van der Waals surface area contributed by atoms with E-state index in [1.807, 2.05) is 32.0 Å². The number of hydrogen-bond donors (Lipinski definition) is 0. The van der Waals surface area contributed by atoms with E-state index in [1.54, 1.807) is 0 Å². The Labute approximate surface area is 91.5 Å². The van der Waals surface area contributed by atoms with Gasteiger partial charge in [0.2, 0.25) is 0 Å². The van der Waals surface area contributed by atoms with Crippen molar-refractivity contribution in [3.63, 3.8) is 0 Å². The normalized spacial score (nSPS) is 10.5. The molecule has 0 bridgehead atoms. The second kappa shape index (κ2) is 3.58. The highest BCUT2D eigenvalue weighted by molar-refractivity contribution is 9.10. The molecule has 2 heterocycles. The Balaban J connectivity index is 2.54. The SMILES string of the molecule is Cc1cc(-c2cccc(Br)n2)c(C)[n-]1. The first kappa shape index (κ1) is 9.46. The van der Waals surface area contributed by atoms with Gasteiger partial charge in [-0.1, -0.05) is 26.0 Å². The molecule has 0 radical (unpaired) electrons. The van der Waals surface area contributed by atoms with Gasteiger partial charge in [0.05, 0.1) is 5.69 Å². The predicted octanol–water partition coefficient (Wildman–Crippen LogP) is 3.09. The van der Waals surface area contributed by atoms with Crippen molar-refractivity contribution in [1.29, 1.82) is 0 Å². The van der Waals surface area contributed by atoms with Crippen LogP contribution in [0, 0.1) is 13.8 Å². The summed E-state index contributed by atoms with van der Waals surface area (Å²) < 4.78 is 0.855. The summed E-state index contributed by atoms with van der Waals surface area (Å²) in [6.07, 6.45) is 0. The van der Waals surface area contributed by atoms with Crippen molar-refractivity contribution < 1.29 is 0 Å². The van der Waals surface area contributed by atoms with Crippen molar-refractivity contribution in [3.8, 4) is 11.3 Å². The topological polar surface area (TPSA) is 27.0 Å². The zero-order valence-electron chi connectivity index (χ0n) is 8.08. The summed E-state index contributed by atoms with van der Waals surface area (Å²) in [6.45, 7) is 4.00. The summed E-state index contributed by atoms with van der Waals surface area (Å²) in [7, 11) is 0. The summed E-state index contributed by atoms with van der Waals surface area (Å²) in [5.74, 6) is 0. The molecule has 0 saturated carbocycles. The van der Waals surface area contributed by atoms with Gasteiger partial charge in [0, 0.05) is 0 Å². The van der Waals surface area contributed by atoms with Crippen molar-refractivity contribution in [2.45, 2.75) is 13.8 Å². The van der Waals surface area contributed by atoms with Crippen LogP contribution in [0.25, 0.3) is 11.3 Å². The maximum atomic E-state index is 4.39. The quantitative estimate of drug-likeness (QED) is 0.727. The van der Waals surface area contributed by atoms with Crippen molar-refractivity contribution >= 4 is 15.9 Å². The summed E-state index contributed by atoms with van der Waals surface area (Å²) in [5, 5.41) is 0. The van der Waals surface area contributed by atoms with E-state index in [0.717, 1.165) is 27.2 Å². The highest BCUT2D eigenvalue weighted by Gasteiger charge is 2.00. The lowest BCUT2D eigenvalue weighted by Gasteiger charge is -2.04. The van der Waals surface area contributed by atoms with Crippen LogP contribution < -0.4 is 4.98 Å². The van der Waals surface area contributed by atoms with Gasteiger partial charge in [-0.2, -0.15) is 11.4 Å². The Morgan fingerprint density at radius 3 is 2.64 bits per heavy atom. The van der Waals surface area contributed by atoms with E-state index in [0.29, 0.717) is 0 Å². The first-order valence-corrected chi connectivity index (χ1v) is 5.20. The molecule has 0 atom stereocenters. The zero-order chi connectivity index (χ0) is 10.1. The largest absolute Gasteiger partial charge is 0.665 e. The van der Waals surface area contributed by atoms with E-state index in [9.17, 15) is 0 Å². The minimum atomic E-state index is 0.855. The minimum absolute atomic E-state index is 0.855. The monoisotopic (exact) mass is 249 g/mol. The molecule has 0 aliphatic rings. The molecule has 3 heteroatoms. The molecular formula is C11H10BrN2-. The fourth-order valence-electron chi connectivity index (χ4n) is 1.49. The Morgan fingerprint density at radius 2 is 2.07 bits per heavy atom. The lowest BCUT2D eigenvalue weighted by atomic mass is 10.1. The van der Waals surface area contributed by atoms with Gasteiger partial charge in [0.1, 0.15) is 4.60 Å². The molecule has 0 saturated heterocycles. The van der Waals surface area contributed by atoms with Gasteiger partial charge >= 0.3 is 0 Å². The van der Waals surface area contributed by atoms with Gasteiger partial charge in [-0.05, 0) is 33.6 Å². The summed E-state index contributed by atoms with van der Waals surface area (Å²) >= 11 is 3.36. The van der Waals surface area contributed by atoms with Crippen LogP contribution in [0.4, 0.5) is 0 Å². The standard InChI is InChI=1S/C11H10BrN2/c1-7-6-9(8(2)13-7)10-4-3-5-11(12)14-10/h3-6H,1-2H3/q-1. The van der Waals surface area contributed by atoms with Crippen LogP contribution in [0.5, 0.6) is 0 Å². The second-order valence-corrected chi connectivity index (χ2v) is 4.05. The predicted molar refractivity (Wildman–Crippen MR) is 60.2 cm³/mol. The fraction of sp³-hybridized carbons (Fsp3) is 0.182. The molecule has 72 valence electrons. The van der Waals surface area contributed by atoms with Crippen LogP contribution in [-0.4, -0.2) is 4.98 Å². The van der Waals surface area contributed by atoms with E-state index in [-0.39, 0.29) is 0 Å². The van der Waals surface area contributed by atoms with Crippen LogP contribution in [-0.2, 0) is 0 Å². The lowest BCUT2D eigenvalue weighted by Crippen LogP contribution is -1.84. The van der Waals surface area contributed by atoms with Gasteiger partial charge in [-0.15, -0.1) is 0 Å². The molecule has 0 amide bonds. The van der Waals surface area contributed by atoms with E-state index < -0.39 is 0 Å². The molecule has 0 aliphatic heterocycles. The molecule has 2 nitrogen and oxygen atoms in total. The Bertz CT molecular complexity index is 460. The summed E-state index contributed by atoms with van der Waals surface area (Å²) in [6, 6.07) is 7.95. The fourth-order valence-corrected chi connectivity index (χ4v) is 1.83. The van der Waals surface area contributed by atoms with Crippen LogP contribution in [0.1, 0.15) is 11.4 Å². The molecule has 0 aliphatic carbocycles. The Morgan fingerprint density at radius 1 is 1.29 bits per heavy atom. The number of aryl methyl sites for hydroxylation is 2. The highest BCUT2D eigenvalue weighted by Crippen LogP contribution is 2.22. The summed E-state index contributed by atoms with van der Waals surface area (Å²) in [4.78, 5) is 8.76. The lowest BCUT2D eigenvalue weighted by molar-refractivity contribution is 1.15. The van der Waals surface area contributed by atoms with Crippen molar-refractivity contribution in [1.82, 2.24) is 9.97 Å². The average molecular weight is 250 g/mol. The van der Waals surface area contributed by atoms with E-state index in [1.165, 1.54) is 0 Å². The molecule has 0 aromatic carbocycles. The van der Waals surface area contributed by atoms with Crippen LogP contribution in [0.2, 0.25) is 0 Å². The average Bonchev–Trinajstić information content (AvgIpc) is 2.45. The van der Waals surface area contributed by atoms with Crippen molar-refractivity contribution in [2.24, 2.45) is 0 Å². The maximum Gasteiger partial charge on any atom is 0.106 e. The molecule has 0 N–H and O–H groups in total. The van der Waals surface area contributed by atoms with E-state index >= 15 is 0 Å². The molecule has 0 fully saturated rings. The van der Waals surface area contributed by atoms with Gasteiger partial charge in [0.15, 0.2) is 0 Å². The number of halogens is 1. The number of rotatable bonds is 1. The first-order chi connectivity index (χ1) is 6.66.